The Morgan fingerprint density at radius 2 is 1.50 bits per heavy atom. The number of hydrogen-bond acceptors (Lipinski definition) is 11. The van der Waals surface area contributed by atoms with Crippen molar-refractivity contribution >= 4 is 68.5 Å². The summed E-state index contributed by atoms with van der Waals surface area (Å²) in [5.41, 5.74) is -1.11. The molecular weight excluding hydrogens is 933 g/mol. The number of sulfonamides is 1. The zero-order valence-corrected chi connectivity index (χ0v) is 41.6. The van der Waals surface area contributed by atoms with E-state index in [1.807, 2.05) is 16.9 Å². The van der Waals surface area contributed by atoms with Gasteiger partial charge in [0.15, 0.2) is 8.32 Å². The van der Waals surface area contributed by atoms with Crippen LogP contribution < -0.4 is 14.9 Å². The highest BCUT2D eigenvalue weighted by Crippen LogP contribution is 2.43. The lowest BCUT2D eigenvalue weighted by Crippen LogP contribution is -2.49. The van der Waals surface area contributed by atoms with E-state index in [0.29, 0.717) is 56.3 Å². The molecule has 3 aromatic rings. The molecule has 0 unspecified atom stereocenters. The molecule has 2 heterocycles. The molecule has 3 aromatic carbocycles. The van der Waals surface area contributed by atoms with E-state index in [4.69, 9.17) is 11.6 Å². The topological polar surface area (TPSA) is 160 Å². The number of piperazine rings is 2. The lowest BCUT2D eigenvalue weighted by Gasteiger charge is -2.39. The fourth-order valence-electron chi connectivity index (χ4n) is 8.60. The lowest BCUT2D eigenvalue weighted by molar-refractivity contribution is -0.132. The van der Waals surface area contributed by atoms with E-state index in [9.17, 15) is 44.4 Å². The molecule has 2 aliphatic heterocycles. The smallest absolute Gasteiger partial charge is 0.432 e. The molecule has 0 spiro atoms. The molecule has 3 N–H and O–H groups in total. The number of rotatable bonds is 16. The summed E-state index contributed by atoms with van der Waals surface area (Å²) in [5, 5.41) is 3.52. The molecule has 6 rings (SSSR count). The van der Waals surface area contributed by atoms with Crippen molar-refractivity contribution in [1.29, 1.82) is 0 Å². The van der Waals surface area contributed by atoms with Crippen LogP contribution in [0.25, 0.3) is 5.57 Å². The van der Waals surface area contributed by atoms with Gasteiger partial charge in [0, 0.05) is 94.2 Å². The average molecular weight is 996 g/mol. The second-order valence-electron chi connectivity index (χ2n) is 19.2. The highest BCUT2D eigenvalue weighted by Gasteiger charge is 2.48. The third-order valence-corrected chi connectivity index (χ3v) is 17.3. The zero-order valence-electron chi connectivity index (χ0n) is 38.3. The maximum Gasteiger partial charge on any atom is 0.501 e. The standard InChI is InChI=1S/C46H62ClF3N6O7S2Si/c1-33(17-20-53-21-27-56(28-22-53)43(57)18-29-66(4,5)63)51-41-15-14-39(30-42(41)64(59,60)46(48,49)50)65(61,62)52-44(58)35-8-12-38(13-9-35)55-25-23-54(24-26-55)32-36-16-19-45(2,3)31-40(36)34-6-10-37(47)11-7-34/h6-15,30,33,51,63H,16-29,31-32H2,1-5H3,(H,52,58)/t33-/m0/s1. The highest BCUT2D eigenvalue weighted by molar-refractivity contribution is 7.92. The number of halogens is 4. The van der Waals surface area contributed by atoms with Crippen molar-refractivity contribution < 1.29 is 44.4 Å². The summed E-state index contributed by atoms with van der Waals surface area (Å²) in [5.74, 6) is -1.06. The van der Waals surface area contributed by atoms with Crippen LogP contribution in [-0.2, 0) is 24.7 Å². The van der Waals surface area contributed by atoms with Crippen molar-refractivity contribution in [2.45, 2.75) is 93.4 Å². The number of sulfone groups is 1. The maximum atomic E-state index is 14.0. The summed E-state index contributed by atoms with van der Waals surface area (Å²) >= 11 is 6.19. The molecule has 2 amide bonds. The van der Waals surface area contributed by atoms with Crippen molar-refractivity contribution in [3.05, 3.63) is 88.5 Å². The van der Waals surface area contributed by atoms with Crippen LogP contribution in [0.1, 0.15) is 68.8 Å². The van der Waals surface area contributed by atoms with Crippen molar-refractivity contribution in [3.8, 4) is 0 Å². The Kier molecular flexibility index (Phi) is 16.1. The van der Waals surface area contributed by atoms with Crippen molar-refractivity contribution in [2.75, 3.05) is 75.7 Å². The largest absolute Gasteiger partial charge is 0.501 e. The van der Waals surface area contributed by atoms with Crippen LogP contribution in [-0.4, -0.2) is 133 Å². The van der Waals surface area contributed by atoms with Gasteiger partial charge in [0.25, 0.3) is 25.8 Å². The number of hydrogen-bond donors (Lipinski definition) is 3. The summed E-state index contributed by atoms with van der Waals surface area (Å²) in [6.45, 7) is 16.4. The Hall–Kier alpha value is -3.98. The number of allylic oxidation sites excluding steroid dienone is 1. The van der Waals surface area contributed by atoms with Crippen LogP contribution in [0.2, 0.25) is 24.2 Å². The van der Waals surface area contributed by atoms with Crippen LogP contribution in [0.15, 0.2) is 82.1 Å². The molecule has 0 radical (unpaired) electrons. The molecule has 20 heteroatoms. The molecule has 3 aliphatic rings. The normalized spacial score (nSPS) is 18.6. The molecule has 2 fully saturated rings. The van der Waals surface area contributed by atoms with E-state index in [1.165, 1.54) is 28.8 Å². The fraction of sp³-hybridized carbons (Fsp3) is 0.522. The second-order valence-corrected chi connectivity index (χ2v) is 27.3. The summed E-state index contributed by atoms with van der Waals surface area (Å²) in [6, 6.07) is 16.7. The number of anilines is 2. The number of nitrogens with zero attached hydrogens (tertiary/aromatic N) is 4. The van der Waals surface area contributed by atoms with Gasteiger partial charge in [-0.05, 0) is 123 Å². The number of carbonyl (C=O) groups is 2. The quantitative estimate of drug-likeness (QED) is 0.122. The van der Waals surface area contributed by atoms with Gasteiger partial charge in [-0.3, -0.25) is 19.4 Å². The molecule has 1 aliphatic carbocycles. The van der Waals surface area contributed by atoms with Gasteiger partial charge >= 0.3 is 5.51 Å². The second kappa shape index (κ2) is 20.7. The molecular formula is C46H62ClF3N6O7S2Si. The van der Waals surface area contributed by atoms with Gasteiger partial charge in [0.2, 0.25) is 5.91 Å². The van der Waals surface area contributed by atoms with Crippen LogP contribution in [0.4, 0.5) is 24.5 Å². The Morgan fingerprint density at radius 1 is 0.879 bits per heavy atom. The summed E-state index contributed by atoms with van der Waals surface area (Å²) < 4.78 is 96.4. The first kappa shape index (κ1) is 51.4. The van der Waals surface area contributed by atoms with Gasteiger partial charge in [0.1, 0.15) is 4.90 Å². The van der Waals surface area contributed by atoms with Crippen molar-refractivity contribution in [2.24, 2.45) is 5.41 Å². The average Bonchev–Trinajstić information content (AvgIpc) is 3.25. The van der Waals surface area contributed by atoms with E-state index in [-0.39, 0.29) is 23.3 Å². The van der Waals surface area contributed by atoms with Gasteiger partial charge in [-0.15, -0.1) is 0 Å². The zero-order chi connectivity index (χ0) is 48.2. The maximum absolute atomic E-state index is 14.0. The van der Waals surface area contributed by atoms with Crippen LogP contribution in [0.3, 0.4) is 0 Å². The summed E-state index contributed by atoms with van der Waals surface area (Å²) in [6.07, 6.45) is 3.81. The monoisotopic (exact) mass is 994 g/mol. The molecule has 1 atom stereocenters. The SMILES string of the molecule is C[C@@H](CCN1CCN(C(=O)CC[Si](C)(C)O)CC1)Nc1ccc(S(=O)(=O)NC(=O)c2ccc(N3CCN(CC4=C(c5ccc(Cl)cc5)CC(C)(C)CC4)CC3)cc2)cc1S(=O)(=O)C(F)(F)F. The Balaban J connectivity index is 1.05. The van der Waals surface area contributed by atoms with E-state index in [1.54, 1.807) is 37.1 Å². The van der Waals surface area contributed by atoms with Gasteiger partial charge < -0.3 is 19.9 Å². The van der Waals surface area contributed by atoms with Crippen molar-refractivity contribution in [1.82, 2.24) is 19.4 Å². The predicted molar refractivity (Wildman–Crippen MR) is 255 cm³/mol. The van der Waals surface area contributed by atoms with Crippen LogP contribution in [0.5, 0.6) is 0 Å². The van der Waals surface area contributed by atoms with Gasteiger partial charge in [0.05, 0.1) is 10.6 Å². The predicted octanol–water partition coefficient (Wildman–Crippen LogP) is 7.46. The summed E-state index contributed by atoms with van der Waals surface area (Å²) in [4.78, 5) is 42.3. The first-order valence-corrected chi connectivity index (χ1v) is 28.9. The molecule has 0 aromatic heterocycles. The van der Waals surface area contributed by atoms with E-state index < -0.39 is 61.1 Å². The summed E-state index contributed by atoms with van der Waals surface area (Å²) in [7, 11) is -13.2. The van der Waals surface area contributed by atoms with Gasteiger partial charge in [-0.2, -0.15) is 13.2 Å². The Bertz CT molecular complexity index is 2470. The van der Waals surface area contributed by atoms with Gasteiger partial charge in [-0.1, -0.05) is 43.2 Å². The minimum absolute atomic E-state index is 0.0154. The van der Waals surface area contributed by atoms with E-state index >= 15 is 0 Å². The highest BCUT2D eigenvalue weighted by atomic mass is 35.5. The Morgan fingerprint density at radius 3 is 2.11 bits per heavy atom. The molecule has 2 saturated heterocycles. The number of amides is 2. The fourth-order valence-corrected chi connectivity index (χ4v) is 11.6. The number of alkyl halides is 3. The van der Waals surface area contributed by atoms with E-state index in [0.717, 1.165) is 69.8 Å². The minimum Gasteiger partial charge on any atom is -0.432 e. The minimum atomic E-state index is -6.04. The molecule has 0 saturated carbocycles. The number of carbonyl (C=O) groups excluding carboxylic acids is 2. The molecule has 0 bridgehead atoms. The number of nitrogens with one attached hydrogen (secondary N) is 2. The molecule has 13 nitrogen and oxygen atoms in total. The van der Waals surface area contributed by atoms with Crippen LogP contribution >= 0.6 is 11.6 Å². The third-order valence-electron chi connectivity index (χ3n) is 12.7. The first-order valence-electron chi connectivity index (χ1n) is 22.4. The van der Waals surface area contributed by atoms with E-state index in [2.05, 4.69) is 46.0 Å². The Labute approximate surface area is 393 Å². The lowest BCUT2D eigenvalue weighted by atomic mass is 9.72. The van der Waals surface area contributed by atoms with Crippen molar-refractivity contribution in [3.63, 3.8) is 0 Å². The van der Waals surface area contributed by atoms with Gasteiger partial charge in [-0.25, -0.2) is 21.6 Å². The van der Waals surface area contributed by atoms with Crippen LogP contribution in [0, 0.1) is 5.41 Å². The third kappa shape index (κ3) is 13.4. The first-order chi connectivity index (χ1) is 30.8. The number of benzene rings is 3. The molecule has 362 valence electrons. The molecule has 66 heavy (non-hydrogen) atoms.